The molecular weight excluding hydrogens is 662 g/mol. The van der Waals surface area contributed by atoms with Crippen molar-refractivity contribution in [3.63, 3.8) is 0 Å². The number of hydrogen-bond acceptors (Lipinski definition) is 10. The number of nitrogens with one attached hydrogen (secondary N) is 1. The minimum Gasteiger partial charge on any atom is -0.360 e. The third-order valence-corrected chi connectivity index (χ3v) is 9.15. The fraction of sp³-hybridized carbons (Fsp3) is 0.417. The zero-order chi connectivity index (χ0) is 36.0. The average Bonchev–Trinajstić information content (AvgIpc) is 3.49. The molecule has 5 aromatic rings. The molecule has 0 spiro atoms. The van der Waals surface area contributed by atoms with Crippen molar-refractivity contribution in [2.75, 3.05) is 18.5 Å². The van der Waals surface area contributed by atoms with Crippen molar-refractivity contribution in [3.8, 4) is 16.9 Å². The van der Waals surface area contributed by atoms with Crippen LogP contribution in [-0.2, 0) is 32.6 Å². The SMILES string of the molecule is CCCCOP(OCCCC)OCc1c(-c2cc(Nc3cc(C)on3)c(=O)n(C)c2)ccnc1-n1ncc2cc(C(C)(C)C)cc(F)c2c1=O. The molecule has 1 aromatic carbocycles. The van der Waals surface area contributed by atoms with E-state index in [1.807, 2.05) is 20.8 Å². The smallest absolute Gasteiger partial charge is 0.332 e. The predicted octanol–water partition coefficient (Wildman–Crippen LogP) is 8.00. The van der Waals surface area contributed by atoms with Crippen molar-refractivity contribution >= 4 is 30.9 Å². The van der Waals surface area contributed by atoms with Crippen molar-refractivity contribution < 1.29 is 22.5 Å². The van der Waals surface area contributed by atoms with Gasteiger partial charge in [-0.1, -0.05) is 52.6 Å². The second-order valence-corrected chi connectivity index (χ2v) is 14.3. The van der Waals surface area contributed by atoms with E-state index in [4.69, 9.17) is 18.1 Å². The van der Waals surface area contributed by atoms with Gasteiger partial charge in [0.25, 0.3) is 11.1 Å². The highest BCUT2D eigenvalue weighted by Crippen LogP contribution is 2.42. The zero-order valence-corrected chi connectivity index (χ0v) is 30.5. The van der Waals surface area contributed by atoms with E-state index in [-0.39, 0.29) is 34.5 Å². The van der Waals surface area contributed by atoms with Gasteiger partial charge < -0.3 is 28.0 Å². The number of pyridine rings is 2. The van der Waals surface area contributed by atoms with Crippen LogP contribution in [0.4, 0.5) is 15.9 Å². The van der Waals surface area contributed by atoms with Crippen LogP contribution in [0.2, 0.25) is 0 Å². The minimum absolute atomic E-state index is 0.0891. The number of hydrogen-bond donors (Lipinski definition) is 1. The molecule has 0 saturated carbocycles. The first-order chi connectivity index (χ1) is 23.9. The van der Waals surface area contributed by atoms with Gasteiger partial charge in [0.15, 0.2) is 11.6 Å². The summed E-state index contributed by atoms with van der Waals surface area (Å²) >= 11 is 0. The maximum absolute atomic E-state index is 15.7. The summed E-state index contributed by atoms with van der Waals surface area (Å²) in [6, 6.07) is 8.29. The van der Waals surface area contributed by atoms with E-state index in [0.29, 0.717) is 46.9 Å². The van der Waals surface area contributed by atoms with Crippen molar-refractivity contribution in [2.45, 2.75) is 79.2 Å². The number of fused-ring (bicyclic) bond motifs is 1. The fourth-order valence-corrected chi connectivity index (χ4v) is 6.22. The first-order valence-corrected chi connectivity index (χ1v) is 17.8. The number of benzene rings is 1. The molecule has 0 fully saturated rings. The molecule has 12 nitrogen and oxygen atoms in total. The molecule has 0 aliphatic carbocycles. The average molecular weight is 707 g/mol. The topological polar surface area (TPSA) is 136 Å². The molecule has 0 aliphatic rings. The Balaban J connectivity index is 1.65. The normalized spacial score (nSPS) is 11.9. The minimum atomic E-state index is -1.76. The number of aromatic nitrogens is 5. The molecule has 14 heteroatoms. The van der Waals surface area contributed by atoms with Gasteiger partial charge in [-0.25, -0.2) is 9.37 Å². The lowest BCUT2D eigenvalue weighted by molar-refractivity contribution is 0.152. The quantitative estimate of drug-likeness (QED) is 0.0843. The first-order valence-electron chi connectivity index (χ1n) is 16.7. The van der Waals surface area contributed by atoms with Crippen LogP contribution >= 0.6 is 8.60 Å². The number of anilines is 2. The number of nitrogens with zero attached hydrogens (tertiary/aromatic N) is 5. The van der Waals surface area contributed by atoms with Gasteiger partial charge in [0.2, 0.25) is 0 Å². The first kappa shape index (κ1) is 37.0. The highest BCUT2D eigenvalue weighted by molar-refractivity contribution is 7.41. The summed E-state index contributed by atoms with van der Waals surface area (Å²) in [7, 11) is -0.122. The Labute approximate surface area is 291 Å². The van der Waals surface area contributed by atoms with Crippen LogP contribution in [0, 0.1) is 12.7 Å². The molecule has 4 heterocycles. The van der Waals surface area contributed by atoms with E-state index < -0.39 is 20.0 Å². The molecule has 5 rings (SSSR count). The van der Waals surface area contributed by atoms with Crippen LogP contribution in [0.25, 0.3) is 27.7 Å². The van der Waals surface area contributed by atoms with Crippen molar-refractivity contribution in [2.24, 2.45) is 7.05 Å². The van der Waals surface area contributed by atoms with Gasteiger partial charge in [-0.2, -0.15) is 9.78 Å². The Hall–Kier alpha value is -4.29. The third-order valence-electron chi connectivity index (χ3n) is 8.03. The summed E-state index contributed by atoms with van der Waals surface area (Å²) in [5, 5.41) is 11.8. The van der Waals surface area contributed by atoms with E-state index >= 15 is 4.39 Å². The van der Waals surface area contributed by atoms with Crippen LogP contribution in [0.3, 0.4) is 0 Å². The lowest BCUT2D eigenvalue weighted by atomic mass is 9.86. The summed E-state index contributed by atoms with van der Waals surface area (Å²) in [5.74, 6) is 0.452. The molecule has 1 N–H and O–H groups in total. The molecule has 50 heavy (non-hydrogen) atoms. The van der Waals surface area contributed by atoms with Crippen LogP contribution in [-0.4, -0.2) is 37.7 Å². The van der Waals surface area contributed by atoms with Gasteiger partial charge in [0.05, 0.1) is 31.4 Å². The number of unbranched alkanes of at least 4 members (excludes halogenated alkanes) is 2. The van der Waals surface area contributed by atoms with Gasteiger partial charge in [0, 0.05) is 42.0 Å². The van der Waals surface area contributed by atoms with Crippen molar-refractivity contribution in [3.05, 3.63) is 92.3 Å². The Morgan fingerprint density at radius 3 is 2.36 bits per heavy atom. The van der Waals surface area contributed by atoms with Crippen LogP contribution in [0.5, 0.6) is 0 Å². The highest BCUT2D eigenvalue weighted by Gasteiger charge is 2.23. The van der Waals surface area contributed by atoms with Gasteiger partial charge in [-0.15, -0.1) is 0 Å². The summed E-state index contributed by atoms with van der Waals surface area (Å²) in [6.45, 7) is 12.6. The molecule has 0 aliphatic heterocycles. The zero-order valence-electron chi connectivity index (χ0n) is 29.6. The molecule has 266 valence electrons. The maximum Gasteiger partial charge on any atom is 0.332 e. The van der Waals surface area contributed by atoms with Gasteiger partial charge in [-0.3, -0.25) is 9.59 Å². The molecule has 4 aromatic heterocycles. The van der Waals surface area contributed by atoms with Crippen LogP contribution < -0.4 is 16.4 Å². The van der Waals surface area contributed by atoms with Gasteiger partial charge >= 0.3 is 8.60 Å². The van der Waals surface area contributed by atoms with Gasteiger partial charge in [-0.05, 0) is 60.6 Å². The summed E-state index contributed by atoms with van der Waals surface area (Å²) in [4.78, 5) is 31.8. The Morgan fingerprint density at radius 1 is 1.00 bits per heavy atom. The number of halogens is 1. The second-order valence-electron chi connectivity index (χ2n) is 13.1. The largest absolute Gasteiger partial charge is 0.360 e. The van der Waals surface area contributed by atoms with Crippen molar-refractivity contribution in [1.29, 1.82) is 0 Å². The van der Waals surface area contributed by atoms with Gasteiger partial charge in [0.1, 0.15) is 17.3 Å². The Morgan fingerprint density at radius 2 is 1.72 bits per heavy atom. The highest BCUT2D eigenvalue weighted by atomic mass is 31.2. The van der Waals surface area contributed by atoms with Crippen LogP contribution in [0.15, 0.2) is 63.0 Å². The molecule has 0 atom stereocenters. The summed E-state index contributed by atoms with van der Waals surface area (Å²) in [6.07, 6.45) is 8.22. The molecular formula is C36H44FN6O6P. The molecule has 0 bridgehead atoms. The van der Waals surface area contributed by atoms with E-state index in [1.165, 1.54) is 23.0 Å². The summed E-state index contributed by atoms with van der Waals surface area (Å²) in [5.41, 5.74) is 1.35. The second kappa shape index (κ2) is 16.2. The van der Waals surface area contributed by atoms with E-state index in [1.54, 1.807) is 44.4 Å². The van der Waals surface area contributed by atoms with E-state index in [9.17, 15) is 9.59 Å². The number of rotatable bonds is 15. The number of aryl methyl sites for hydroxylation is 2. The monoisotopic (exact) mass is 706 g/mol. The lowest BCUT2D eigenvalue weighted by Crippen LogP contribution is -2.25. The fourth-order valence-electron chi connectivity index (χ4n) is 5.20. The molecule has 0 unspecified atom stereocenters. The molecule has 0 saturated heterocycles. The maximum atomic E-state index is 15.7. The lowest BCUT2D eigenvalue weighted by Gasteiger charge is -2.21. The van der Waals surface area contributed by atoms with E-state index in [2.05, 4.69) is 34.4 Å². The van der Waals surface area contributed by atoms with Crippen LogP contribution in [0.1, 0.15) is 77.2 Å². The Kier molecular flexibility index (Phi) is 11.9. The standard InChI is InChI=1S/C36H44FN6O6P/c1-8-10-14-46-50(47-15-11-9-2)48-22-28-27(25-18-30(34(44)42(7)21-25)40-31-16-23(3)49-41-31)12-13-38-33(28)43-35(45)32-24(20-39-43)17-26(19-29(32)37)36(4,5)6/h12-13,16-21H,8-11,14-15,22H2,1-7H3,(H,40,41). The third kappa shape index (κ3) is 8.53. The summed E-state index contributed by atoms with van der Waals surface area (Å²) < 4.78 is 41.6. The van der Waals surface area contributed by atoms with E-state index in [0.717, 1.165) is 35.9 Å². The molecule has 0 radical (unpaired) electrons. The van der Waals surface area contributed by atoms with Crippen molar-refractivity contribution in [1.82, 2.24) is 24.5 Å². The predicted molar refractivity (Wildman–Crippen MR) is 192 cm³/mol. The molecule has 0 amide bonds. The Bertz CT molecular complexity index is 2060.